The van der Waals surface area contributed by atoms with Crippen LogP contribution in [0.15, 0.2) is 22.7 Å². The predicted octanol–water partition coefficient (Wildman–Crippen LogP) is 3.06. The maximum absolute atomic E-state index is 11.4. The molecule has 5 heteroatoms. The molecule has 0 bridgehead atoms. The number of nitrogens with one attached hydrogen (secondary N) is 1. The van der Waals surface area contributed by atoms with Crippen LogP contribution in [0.3, 0.4) is 0 Å². The van der Waals surface area contributed by atoms with Crippen LogP contribution in [0, 0.1) is 0 Å². The predicted molar refractivity (Wildman–Crippen MR) is 78.3 cm³/mol. The van der Waals surface area contributed by atoms with Crippen molar-refractivity contribution in [3.63, 3.8) is 0 Å². The van der Waals surface area contributed by atoms with Crippen molar-refractivity contribution in [2.45, 2.75) is 32.9 Å². The summed E-state index contributed by atoms with van der Waals surface area (Å²) in [5, 5.41) is 3.33. The molecule has 1 N–H and O–H groups in total. The Morgan fingerprint density at radius 2 is 2.11 bits per heavy atom. The highest BCUT2D eigenvalue weighted by Gasteiger charge is 2.18. The van der Waals surface area contributed by atoms with Gasteiger partial charge in [-0.1, -0.05) is 28.9 Å². The molecule has 2 unspecified atom stereocenters. The van der Waals surface area contributed by atoms with Crippen molar-refractivity contribution in [1.82, 2.24) is 5.32 Å². The van der Waals surface area contributed by atoms with E-state index in [0.717, 1.165) is 16.6 Å². The second-order valence-electron chi connectivity index (χ2n) is 4.24. The fraction of sp³-hybridized carbons (Fsp3) is 0.500. The first kappa shape index (κ1) is 16.0. The van der Waals surface area contributed by atoms with E-state index in [2.05, 4.69) is 32.9 Å². The third kappa shape index (κ3) is 4.51. The Morgan fingerprint density at radius 1 is 1.42 bits per heavy atom. The maximum atomic E-state index is 11.4. The molecule has 2 atom stereocenters. The van der Waals surface area contributed by atoms with Crippen LogP contribution in [0.1, 0.15) is 32.4 Å². The zero-order chi connectivity index (χ0) is 14.4. The number of ether oxygens (including phenoxy) is 2. The van der Waals surface area contributed by atoms with Gasteiger partial charge in [0.25, 0.3) is 0 Å². The molecule has 0 aliphatic rings. The second-order valence-corrected chi connectivity index (χ2v) is 5.16. The van der Waals surface area contributed by atoms with Gasteiger partial charge in [-0.05, 0) is 32.5 Å². The smallest absolute Gasteiger partial charge is 0.346 e. The molecular formula is C14H20BrNO3. The molecule has 0 radical (unpaired) electrons. The van der Waals surface area contributed by atoms with Gasteiger partial charge in [0.15, 0.2) is 6.10 Å². The molecule has 0 amide bonds. The van der Waals surface area contributed by atoms with Crippen molar-refractivity contribution in [3.8, 4) is 5.75 Å². The van der Waals surface area contributed by atoms with Crippen molar-refractivity contribution in [2.75, 3.05) is 13.7 Å². The Balaban J connectivity index is 2.97. The molecule has 0 saturated carbocycles. The Morgan fingerprint density at radius 3 is 2.68 bits per heavy atom. The van der Waals surface area contributed by atoms with E-state index in [1.165, 1.54) is 7.11 Å². The minimum absolute atomic E-state index is 0.151. The van der Waals surface area contributed by atoms with E-state index in [1.54, 1.807) is 6.92 Å². The topological polar surface area (TPSA) is 47.6 Å². The first-order chi connectivity index (χ1) is 8.99. The Kier molecular flexibility index (Phi) is 6.31. The fourth-order valence-electron chi connectivity index (χ4n) is 1.79. The molecule has 1 aromatic carbocycles. The first-order valence-electron chi connectivity index (χ1n) is 6.26. The van der Waals surface area contributed by atoms with Crippen molar-refractivity contribution >= 4 is 21.9 Å². The Bertz CT molecular complexity index is 437. The zero-order valence-electron chi connectivity index (χ0n) is 11.7. The van der Waals surface area contributed by atoms with Gasteiger partial charge in [-0.3, -0.25) is 0 Å². The summed E-state index contributed by atoms with van der Waals surface area (Å²) >= 11 is 3.41. The average molecular weight is 330 g/mol. The molecule has 19 heavy (non-hydrogen) atoms. The van der Waals surface area contributed by atoms with Crippen molar-refractivity contribution in [2.24, 2.45) is 0 Å². The molecule has 0 saturated heterocycles. The number of hydrogen-bond donors (Lipinski definition) is 1. The minimum Gasteiger partial charge on any atom is -0.479 e. The van der Waals surface area contributed by atoms with E-state index in [-0.39, 0.29) is 12.0 Å². The van der Waals surface area contributed by atoms with Crippen LogP contribution in [-0.4, -0.2) is 25.7 Å². The van der Waals surface area contributed by atoms with Crippen molar-refractivity contribution in [1.29, 1.82) is 0 Å². The number of halogens is 1. The molecule has 0 heterocycles. The molecule has 106 valence electrons. The SMILES string of the molecule is CCNC(C)c1ccc(Br)cc1OC(C)C(=O)OC. The van der Waals surface area contributed by atoms with Gasteiger partial charge in [-0.2, -0.15) is 0 Å². The molecule has 0 aliphatic carbocycles. The lowest BCUT2D eigenvalue weighted by atomic mass is 10.1. The van der Waals surface area contributed by atoms with Gasteiger partial charge in [0.05, 0.1) is 7.11 Å². The molecule has 0 spiro atoms. The normalized spacial score (nSPS) is 13.7. The number of benzene rings is 1. The molecule has 4 nitrogen and oxygen atoms in total. The maximum Gasteiger partial charge on any atom is 0.346 e. The summed E-state index contributed by atoms with van der Waals surface area (Å²) in [5.74, 6) is 0.294. The van der Waals surface area contributed by atoms with Gasteiger partial charge in [-0.15, -0.1) is 0 Å². The summed E-state index contributed by atoms with van der Waals surface area (Å²) in [6.07, 6.45) is -0.633. The van der Waals surface area contributed by atoms with Crippen LogP contribution < -0.4 is 10.1 Å². The van der Waals surface area contributed by atoms with Crippen LogP contribution >= 0.6 is 15.9 Å². The minimum atomic E-state index is -0.633. The van der Waals surface area contributed by atoms with Crippen LogP contribution in [-0.2, 0) is 9.53 Å². The highest BCUT2D eigenvalue weighted by Crippen LogP contribution is 2.29. The van der Waals surface area contributed by atoms with E-state index >= 15 is 0 Å². The van der Waals surface area contributed by atoms with Crippen LogP contribution in [0.25, 0.3) is 0 Å². The lowest BCUT2D eigenvalue weighted by Gasteiger charge is -2.20. The van der Waals surface area contributed by atoms with Gasteiger partial charge in [-0.25, -0.2) is 4.79 Å². The molecule has 1 aromatic rings. The number of carbonyl (C=O) groups is 1. The highest BCUT2D eigenvalue weighted by atomic mass is 79.9. The summed E-state index contributed by atoms with van der Waals surface area (Å²) in [6, 6.07) is 5.95. The summed E-state index contributed by atoms with van der Waals surface area (Å²) in [7, 11) is 1.35. The van der Waals surface area contributed by atoms with Gasteiger partial charge >= 0.3 is 5.97 Å². The molecule has 0 fully saturated rings. The largest absolute Gasteiger partial charge is 0.479 e. The molecule has 0 aromatic heterocycles. The summed E-state index contributed by atoms with van der Waals surface area (Å²) in [6.45, 7) is 6.65. The number of methoxy groups -OCH3 is 1. The van der Waals surface area contributed by atoms with Gasteiger partial charge in [0.1, 0.15) is 5.75 Å². The van der Waals surface area contributed by atoms with Crippen molar-refractivity contribution in [3.05, 3.63) is 28.2 Å². The van der Waals surface area contributed by atoms with Gasteiger partial charge < -0.3 is 14.8 Å². The average Bonchev–Trinajstić information content (AvgIpc) is 2.38. The van der Waals surface area contributed by atoms with Crippen LogP contribution in [0.4, 0.5) is 0 Å². The van der Waals surface area contributed by atoms with Crippen LogP contribution in [0.2, 0.25) is 0 Å². The quantitative estimate of drug-likeness (QED) is 0.815. The van der Waals surface area contributed by atoms with Gasteiger partial charge in [0, 0.05) is 16.1 Å². The fourth-order valence-corrected chi connectivity index (χ4v) is 2.13. The monoisotopic (exact) mass is 329 g/mol. The van der Waals surface area contributed by atoms with E-state index in [9.17, 15) is 4.79 Å². The third-order valence-electron chi connectivity index (χ3n) is 2.79. The van der Waals surface area contributed by atoms with Gasteiger partial charge in [0.2, 0.25) is 0 Å². The number of hydrogen-bond acceptors (Lipinski definition) is 4. The lowest BCUT2D eigenvalue weighted by Crippen LogP contribution is -2.26. The lowest BCUT2D eigenvalue weighted by molar-refractivity contribution is -0.147. The van der Waals surface area contributed by atoms with E-state index in [4.69, 9.17) is 4.74 Å². The molecular weight excluding hydrogens is 310 g/mol. The summed E-state index contributed by atoms with van der Waals surface area (Å²) in [5.41, 5.74) is 1.01. The van der Waals surface area contributed by atoms with E-state index < -0.39 is 6.10 Å². The highest BCUT2D eigenvalue weighted by molar-refractivity contribution is 9.10. The molecule has 1 rings (SSSR count). The van der Waals surface area contributed by atoms with Crippen molar-refractivity contribution < 1.29 is 14.3 Å². The summed E-state index contributed by atoms with van der Waals surface area (Å²) in [4.78, 5) is 11.4. The second kappa shape index (κ2) is 7.50. The van der Waals surface area contributed by atoms with E-state index in [0.29, 0.717) is 5.75 Å². The first-order valence-corrected chi connectivity index (χ1v) is 7.06. The number of rotatable bonds is 6. The van der Waals surface area contributed by atoms with E-state index in [1.807, 2.05) is 25.1 Å². The number of carbonyl (C=O) groups excluding carboxylic acids is 1. The number of esters is 1. The Hall–Kier alpha value is -1.07. The Labute approximate surface area is 122 Å². The van der Waals surface area contributed by atoms with Crippen LogP contribution in [0.5, 0.6) is 5.75 Å². The zero-order valence-corrected chi connectivity index (χ0v) is 13.3. The summed E-state index contributed by atoms with van der Waals surface area (Å²) < 4.78 is 11.3. The third-order valence-corrected chi connectivity index (χ3v) is 3.28. The molecule has 0 aliphatic heterocycles. The standard InChI is InChI=1S/C14H20BrNO3/c1-5-16-9(2)12-7-6-11(15)8-13(12)19-10(3)14(17)18-4/h6-10,16H,5H2,1-4H3.